The van der Waals surface area contributed by atoms with Crippen molar-refractivity contribution in [2.24, 2.45) is 11.8 Å². The first-order valence-corrected chi connectivity index (χ1v) is 9.06. The molecule has 118 valence electrons. The van der Waals surface area contributed by atoms with Crippen molar-refractivity contribution >= 4 is 17.7 Å². The number of rotatable bonds is 8. The summed E-state index contributed by atoms with van der Waals surface area (Å²) >= 11 is 1.74. The largest absolute Gasteiger partial charge is 0.356 e. The van der Waals surface area contributed by atoms with E-state index in [-0.39, 0.29) is 11.8 Å². The van der Waals surface area contributed by atoms with E-state index in [0.717, 1.165) is 25.4 Å². The SMILES string of the molecule is CSC[C@H](C)C(=O)NCC1CCN(CCN(C)C)CC1. The van der Waals surface area contributed by atoms with Gasteiger partial charge in [-0.3, -0.25) is 4.79 Å². The molecule has 0 aromatic heterocycles. The molecule has 1 aliphatic heterocycles. The molecule has 0 aromatic rings. The lowest BCUT2D eigenvalue weighted by Gasteiger charge is -2.32. The highest BCUT2D eigenvalue weighted by Crippen LogP contribution is 2.16. The Hall–Kier alpha value is -0.260. The Balaban J connectivity index is 2.14. The van der Waals surface area contributed by atoms with Gasteiger partial charge >= 0.3 is 0 Å². The zero-order valence-corrected chi connectivity index (χ0v) is 14.3. The summed E-state index contributed by atoms with van der Waals surface area (Å²) in [6, 6.07) is 0. The third-order valence-corrected chi connectivity index (χ3v) is 4.83. The fourth-order valence-corrected chi connectivity index (χ4v) is 3.15. The zero-order chi connectivity index (χ0) is 15.0. The van der Waals surface area contributed by atoms with Gasteiger partial charge in [0.25, 0.3) is 0 Å². The van der Waals surface area contributed by atoms with Gasteiger partial charge in [-0.2, -0.15) is 11.8 Å². The second-order valence-corrected chi connectivity index (χ2v) is 7.10. The molecule has 1 atom stereocenters. The minimum atomic E-state index is 0.130. The molecule has 0 bridgehead atoms. The van der Waals surface area contributed by atoms with Crippen molar-refractivity contribution < 1.29 is 4.79 Å². The Bertz CT molecular complexity index is 278. The van der Waals surface area contributed by atoms with Crippen molar-refractivity contribution in [3.63, 3.8) is 0 Å². The van der Waals surface area contributed by atoms with E-state index in [1.165, 1.54) is 25.9 Å². The van der Waals surface area contributed by atoms with Crippen molar-refractivity contribution in [3.05, 3.63) is 0 Å². The van der Waals surface area contributed by atoms with Crippen LogP contribution in [0.5, 0.6) is 0 Å². The fraction of sp³-hybridized carbons (Fsp3) is 0.933. The number of likely N-dealkylation sites (tertiary alicyclic amines) is 1. The van der Waals surface area contributed by atoms with E-state index < -0.39 is 0 Å². The van der Waals surface area contributed by atoms with Crippen molar-refractivity contribution in [2.75, 3.05) is 58.8 Å². The summed E-state index contributed by atoms with van der Waals surface area (Å²) in [5.74, 6) is 1.92. The predicted octanol–water partition coefficient (Wildman–Crippen LogP) is 1.38. The van der Waals surface area contributed by atoms with Gasteiger partial charge in [-0.15, -0.1) is 0 Å². The first-order valence-electron chi connectivity index (χ1n) is 7.66. The molecule has 4 nitrogen and oxygen atoms in total. The van der Waals surface area contributed by atoms with Crippen LogP contribution in [-0.2, 0) is 4.79 Å². The smallest absolute Gasteiger partial charge is 0.223 e. The van der Waals surface area contributed by atoms with Gasteiger partial charge in [-0.05, 0) is 52.2 Å². The molecule has 1 N–H and O–H groups in total. The lowest BCUT2D eigenvalue weighted by Crippen LogP contribution is -2.42. The maximum absolute atomic E-state index is 11.9. The quantitative estimate of drug-likeness (QED) is 0.735. The first kappa shape index (κ1) is 17.8. The van der Waals surface area contributed by atoms with Crippen LogP contribution in [0.4, 0.5) is 0 Å². The topological polar surface area (TPSA) is 35.6 Å². The van der Waals surface area contributed by atoms with Crippen LogP contribution in [0.25, 0.3) is 0 Å². The van der Waals surface area contributed by atoms with Crippen LogP contribution in [0.3, 0.4) is 0 Å². The standard InChI is InChI=1S/C15H31N3OS/c1-13(12-20-4)15(19)16-11-14-5-7-18(8-6-14)10-9-17(2)3/h13-14H,5-12H2,1-4H3,(H,16,19)/t13-/m0/s1. The van der Waals surface area contributed by atoms with Crippen LogP contribution in [0.2, 0.25) is 0 Å². The molecular weight excluding hydrogens is 270 g/mol. The summed E-state index contributed by atoms with van der Waals surface area (Å²) in [7, 11) is 4.25. The number of hydrogen-bond acceptors (Lipinski definition) is 4. The number of nitrogens with zero attached hydrogens (tertiary/aromatic N) is 2. The summed E-state index contributed by atoms with van der Waals surface area (Å²) in [6.07, 6.45) is 4.47. The van der Waals surface area contributed by atoms with Gasteiger partial charge in [0.2, 0.25) is 5.91 Å². The summed E-state index contributed by atoms with van der Waals surface area (Å²) in [4.78, 5) is 16.6. The van der Waals surface area contributed by atoms with Gasteiger partial charge in [-0.1, -0.05) is 6.92 Å². The van der Waals surface area contributed by atoms with E-state index in [9.17, 15) is 4.79 Å². The lowest BCUT2D eigenvalue weighted by molar-refractivity contribution is -0.124. The van der Waals surface area contributed by atoms with E-state index in [2.05, 4.69) is 29.2 Å². The minimum Gasteiger partial charge on any atom is -0.356 e. The number of hydrogen-bond donors (Lipinski definition) is 1. The molecule has 0 saturated carbocycles. The number of carbonyl (C=O) groups excluding carboxylic acids is 1. The normalized spacial score (nSPS) is 19.2. The highest BCUT2D eigenvalue weighted by Gasteiger charge is 2.20. The van der Waals surface area contributed by atoms with Crippen LogP contribution >= 0.6 is 11.8 Å². The average Bonchev–Trinajstić information content (AvgIpc) is 2.43. The van der Waals surface area contributed by atoms with Gasteiger partial charge < -0.3 is 15.1 Å². The van der Waals surface area contributed by atoms with Crippen molar-refractivity contribution in [1.29, 1.82) is 0 Å². The number of nitrogens with one attached hydrogen (secondary N) is 1. The molecule has 1 aliphatic rings. The Labute approximate surface area is 128 Å². The predicted molar refractivity (Wildman–Crippen MR) is 88.3 cm³/mol. The molecule has 20 heavy (non-hydrogen) atoms. The molecule has 1 fully saturated rings. The summed E-state index contributed by atoms with van der Waals surface area (Å²) in [6.45, 7) is 7.52. The van der Waals surface area contributed by atoms with Crippen molar-refractivity contribution in [3.8, 4) is 0 Å². The molecule has 0 radical (unpaired) electrons. The van der Waals surface area contributed by atoms with Crippen LogP contribution in [-0.4, -0.2) is 74.5 Å². The van der Waals surface area contributed by atoms with Crippen LogP contribution in [0.1, 0.15) is 19.8 Å². The van der Waals surface area contributed by atoms with Gasteiger partial charge in [0.1, 0.15) is 0 Å². The summed E-state index contributed by atoms with van der Waals surface area (Å²) in [5, 5.41) is 3.12. The molecule has 1 rings (SSSR count). The van der Waals surface area contributed by atoms with Gasteiger partial charge in [0.15, 0.2) is 0 Å². The Morgan fingerprint density at radius 2 is 2.05 bits per heavy atom. The van der Waals surface area contributed by atoms with Gasteiger partial charge in [-0.25, -0.2) is 0 Å². The van der Waals surface area contributed by atoms with Gasteiger partial charge in [0, 0.05) is 31.3 Å². The number of carbonyl (C=O) groups is 1. The maximum atomic E-state index is 11.9. The Morgan fingerprint density at radius 1 is 1.40 bits per heavy atom. The summed E-state index contributed by atoms with van der Waals surface area (Å²) in [5.41, 5.74) is 0. The lowest BCUT2D eigenvalue weighted by atomic mass is 9.96. The molecule has 0 aromatic carbocycles. The average molecular weight is 302 g/mol. The van der Waals surface area contributed by atoms with Crippen LogP contribution < -0.4 is 5.32 Å². The van der Waals surface area contributed by atoms with Crippen LogP contribution in [0.15, 0.2) is 0 Å². The van der Waals surface area contributed by atoms with E-state index >= 15 is 0 Å². The highest BCUT2D eigenvalue weighted by atomic mass is 32.2. The van der Waals surface area contributed by atoms with E-state index in [1.54, 1.807) is 11.8 Å². The minimum absolute atomic E-state index is 0.130. The molecule has 0 unspecified atom stereocenters. The van der Waals surface area contributed by atoms with E-state index in [0.29, 0.717) is 5.92 Å². The number of amides is 1. The third-order valence-electron chi connectivity index (χ3n) is 4.00. The van der Waals surface area contributed by atoms with E-state index in [4.69, 9.17) is 0 Å². The Morgan fingerprint density at radius 3 is 2.60 bits per heavy atom. The molecule has 5 heteroatoms. The molecular formula is C15H31N3OS. The molecule has 0 aliphatic carbocycles. The molecule has 1 amide bonds. The second-order valence-electron chi connectivity index (χ2n) is 6.19. The fourth-order valence-electron chi connectivity index (χ4n) is 2.50. The zero-order valence-electron chi connectivity index (χ0n) is 13.5. The van der Waals surface area contributed by atoms with Crippen LogP contribution in [0, 0.1) is 11.8 Å². The maximum Gasteiger partial charge on any atom is 0.223 e. The molecule has 1 saturated heterocycles. The third kappa shape index (κ3) is 6.95. The molecule has 1 heterocycles. The number of likely N-dealkylation sites (N-methyl/N-ethyl adjacent to an activating group) is 1. The first-order chi connectivity index (χ1) is 9.52. The van der Waals surface area contributed by atoms with Crippen molar-refractivity contribution in [2.45, 2.75) is 19.8 Å². The highest BCUT2D eigenvalue weighted by molar-refractivity contribution is 7.98. The molecule has 0 spiro atoms. The Kier molecular flexibility index (Phi) is 8.57. The van der Waals surface area contributed by atoms with Crippen molar-refractivity contribution in [1.82, 2.24) is 15.1 Å². The number of piperidine rings is 1. The summed E-state index contributed by atoms with van der Waals surface area (Å²) < 4.78 is 0. The van der Waals surface area contributed by atoms with E-state index in [1.807, 2.05) is 13.2 Å². The number of thioether (sulfide) groups is 1. The van der Waals surface area contributed by atoms with Gasteiger partial charge in [0.05, 0.1) is 0 Å². The monoisotopic (exact) mass is 301 g/mol. The second kappa shape index (κ2) is 9.64.